The quantitative estimate of drug-likeness (QED) is 0.907. The number of aromatic nitrogens is 2. The highest BCUT2D eigenvalue weighted by Crippen LogP contribution is 2.17. The van der Waals surface area contributed by atoms with E-state index in [1.165, 1.54) is 0 Å². The molecule has 6 heteroatoms. The van der Waals surface area contributed by atoms with Crippen molar-refractivity contribution >= 4 is 11.9 Å². The van der Waals surface area contributed by atoms with Crippen molar-refractivity contribution in [3.8, 4) is 0 Å². The number of hydrogen-bond acceptors (Lipinski definition) is 5. The molecular formula is C15H24N4O2. The number of piperidine rings is 1. The van der Waals surface area contributed by atoms with Gasteiger partial charge in [-0.15, -0.1) is 5.10 Å². The fourth-order valence-corrected chi connectivity index (χ4v) is 2.27. The molecule has 1 aliphatic rings. The van der Waals surface area contributed by atoms with Gasteiger partial charge in [0.15, 0.2) is 0 Å². The largest absolute Gasteiger partial charge is 0.444 e. The van der Waals surface area contributed by atoms with Gasteiger partial charge in [-0.2, -0.15) is 5.10 Å². The molecule has 0 saturated carbocycles. The van der Waals surface area contributed by atoms with Gasteiger partial charge >= 0.3 is 6.09 Å². The van der Waals surface area contributed by atoms with E-state index in [-0.39, 0.29) is 12.1 Å². The summed E-state index contributed by atoms with van der Waals surface area (Å²) in [6, 6.07) is 4.02. The molecule has 1 saturated heterocycles. The molecule has 0 aliphatic carbocycles. The van der Waals surface area contributed by atoms with Gasteiger partial charge in [0.25, 0.3) is 0 Å². The summed E-state index contributed by atoms with van der Waals surface area (Å²) in [5, 5.41) is 11.5. The number of carbonyl (C=O) groups excluding carboxylic acids is 1. The molecule has 0 spiro atoms. The Morgan fingerprint density at radius 2 is 2.14 bits per heavy atom. The standard InChI is InChI=1S/C15H24N4O2/c1-11-7-8-13(18-17-11)16-12-6-5-9-19(10-12)14(20)21-15(2,3)4/h7-8,12H,5-6,9-10H2,1-4H3,(H,16,18)/t12-/m0/s1. The lowest BCUT2D eigenvalue weighted by atomic mass is 10.1. The molecule has 2 rings (SSSR count). The summed E-state index contributed by atoms with van der Waals surface area (Å²) in [5.74, 6) is 0.747. The Morgan fingerprint density at radius 3 is 2.76 bits per heavy atom. The van der Waals surface area contributed by atoms with Crippen LogP contribution in [0.4, 0.5) is 10.6 Å². The second kappa shape index (κ2) is 6.28. The first kappa shape index (κ1) is 15.5. The average molecular weight is 292 g/mol. The van der Waals surface area contributed by atoms with Crippen molar-refractivity contribution < 1.29 is 9.53 Å². The van der Waals surface area contributed by atoms with Crippen molar-refractivity contribution in [3.05, 3.63) is 17.8 Å². The zero-order chi connectivity index (χ0) is 15.5. The number of hydrogen-bond donors (Lipinski definition) is 1. The summed E-state index contributed by atoms with van der Waals surface area (Å²) in [5.41, 5.74) is 0.430. The molecule has 6 nitrogen and oxygen atoms in total. The van der Waals surface area contributed by atoms with E-state index in [2.05, 4.69) is 15.5 Å². The number of nitrogens with zero attached hydrogens (tertiary/aromatic N) is 3. The van der Waals surface area contributed by atoms with Gasteiger partial charge in [0.1, 0.15) is 11.4 Å². The van der Waals surface area contributed by atoms with Crippen LogP contribution in [0.25, 0.3) is 0 Å². The molecule has 1 amide bonds. The average Bonchev–Trinajstić information content (AvgIpc) is 2.40. The fraction of sp³-hybridized carbons (Fsp3) is 0.667. The summed E-state index contributed by atoms with van der Waals surface area (Å²) in [6.45, 7) is 8.92. The van der Waals surface area contributed by atoms with Gasteiger partial charge in [-0.1, -0.05) is 0 Å². The van der Waals surface area contributed by atoms with Crippen LogP contribution >= 0.6 is 0 Å². The smallest absolute Gasteiger partial charge is 0.410 e. The third-order valence-electron chi connectivity index (χ3n) is 3.22. The van der Waals surface area contributed by atoms with Gasteiger partial charge in [0, 0.05) is 19.1 Å². The molecule has 0 aromatic carbocycles. The van der Waals surface area contributed by atoms with Gasteiger partial charge < -0.3 is 15.0 Å². The minimum absolute atomic E-state index is 0.184. The minimum Gasteiger partial charge on any atom is -0.444 e. The van der Waals surface area contributed by atoms with E-state index in [0.29, 0.717) is 6.54 Å². The SMILES string of the molecule is Cc1ccc(N[C@H]2CCCN(C(=O)OC(C)(C)C)C2)nn1. The summed E-state index contributed by atoms with van der Waals surface area (Å²) >= 11 is 0. The van der Waals surface area contributed by atoms with Crippen molar-refractivity contribution in [2.75, 3.05) is 18.4 Å². The Morgan fingerprint density at radius 1 is 1.38 bits per heavy atom. The maximum Gasteiger partial charge on any atom is 0.410 e. The maximum atomic E-state index is 12.1. The van der Waals surface area contributed by atoms with Crippen LogP contribution in [0.2, 0.25) is 0 Å². The summed E-state index contributed by atoms with van der Waals surface area (Å²) < 4.78 is 5.42. The van der Waals surface area contributed by atoms with Crippen LogP contribution in [0.1, 0.15) is 39.3 Å². The Kier molecular flexibility index (Phi) is 4.65. The molecule has 0 radical (unpaired) electrons. The Labute approximate surface area is 125 Å². The Bertz CT molecular complexity index is 481. The number of aryl methyl sites for hydroxylation is 1. The second-order valence-electron chi connectivity index (χ2n) is 6.47. The van der Waals surface area contributed by atoms with Crippen LogP contribution in [0, 0.1) is 6.92 Å². The van der Waals surface area contributed by atoms with Crippen LogP contribution in [-0.2, 0) is 4.74 Å². The fourth-order valence-electron chi connectivity index (χ4n) is 2.27. The molecule has 1 fully saturated rings. The minimum atomic E-state index is -0.458. The van der Waals surface area contributed by atoms with E-state index >= 15 is 0 Å². The Hall–Kier alpha value is -1.85. The third-order valence-corrected chi connectivity index (χ3v) is 3.22. The zero-order valence-electron chi connectivity index (χ0n) is 13.2. The third kappa shape index (κ3) is 4.88. The molecule has 0 unspecified atom stereocenters. The first-order valence-electron chi connectivity index (χ1n) is 7.38. The van der Waals surface area contributed by atoms with Gasteiger partial charge in [-0.3, -0.25) is 0 Å². The highest BCUT2D eigenvalue weighted by Gasteiger charge is 2.27. The summed E-state index contributed by atoms with van der Waals surface area (Å²) in [7, 11) is 0. The summed E-state index contributed by atoms with van der Waals surface area (Å²) in [4.78, 5) is 13.9. The normalized spacial score (nSPS) is 19.2. The van der Waals surface area contributed by atoms with Crippen molar-refractivity contribution in [2.45, 2.75) is 52.2 Å². The van der Waals surface area contributed by atoms with Gasteiger partial charge in [0.05, 0.1) is 5.69 Å². The molecule has 1 aromatic rings. The lowest BCUT2D eigenvalue weighted by molar-refractivity contribution is 0.0206. The van der Waals surface area contributed by atoms with Gasteiger partial charge in [0.2, 0.25) is 0 Å². The number of amides is 1. The Balaban J connectivity index is 1.91. The molecule has 1 aliphatic heterocycles. The molecular weight excluding hydrogens is 268 g/mol. The van der Waals surface area contributed by atoms with Crippen molar-refractivity contribution in [3.63, 3.8) is 0 Å². The molecule has 1 N–H and O–H groups in total. The monoisotopic (exact) mass is 292 g/mol. The maximum absolute atomic E-state index is 12.1. The van der Waals surface area contributed by atoms with E-state index in [9.17, 15) is 4.79 Å². The van der Waals surface area contributed by atoms with Crippen LogP contribution in [0.5, 0.6) is 0 Å². The number of ether oxygens (including phenoxy) is 1. The van der Waals surface area contributed by atoms with Crippen LogP contribution in [-0.4, -0.2) is 45.9 Å². The first-order chi connectivity index (χ1) is 9.83. The van der Waals surface area contributed by atoms with E-state index < -0.39 is 5.60 Å². The molecule has 21 heavy (non-hydrogen) atoms. The molecule has 1 atom stereocenters. The van der Waals surface area contributed by atoms with Crippen molar-refractivity contribution in [1.82, 2.24) is 15.1 Å². The topological polar surface area (TPSA) is 67.4 Å². The van der Waals surface area contributed by atoms with E-state index in [1.807, 2.05) is 39.8 Å². The van der Waals surface area contributed by atoms with E-state index in [1.54, 1.807) is 4.90 Å². The predicted molar refractivity (Wildman–Crippen MR) is 81.2 cm³/mol. The predicted octanol–water partition coefficient (Wildman–Crippen LogP) is 2.60. The second-order valence-corrected chi connectivity index (χ2v) is 6.47. The van der Waals surface area contributed by atoms with Crippen LogP contribution < -0.4 is 5.32 Å². The van der Waals surface area contributed by atoms with Crippen molar-refractivity contribution in [1.29, 1.82) is 0 Å². The number of rotatable bonds is 2. The number of likely N-dealkylation sites (tertiary alicyclic amines) is 1. The number of nitrogens with one attached hydrogen (secondary N) is 1. The highest BCUT2D eigenvalue weighted by atomic mass is 16.6. The zero-order valence-corrected chi connectivity index (χ0v) is 13.2. The lowest BCUT2D eigenvalue weighted by Gasteiger charge is -2.34. The van der Waals surface area contributed by atoms with Gasteiger partial charge in [-0.05, 0) is 52.7 Å². The lowest BCUT2D eigenvalue weighted by Crippen LogP contribution is -2.47. The van der Waals surface area contributed by atoms with E-state index in [0.717, 1.165) is 30.9 Å². The molecule has 0 bridgehead atoms. The molecule has 2 heterocycles. The van der Waals surface area contributed by atoms with Crippen molar-refractivity contribution in [2.24, 2.45) is 0 Å². The van der Waals surface area contributed by atoms with Crippen LogP contribution in [0.15, 0.2) is 12.1 Å². The summed E-state index contributed by atoms with van der Waals surface area (Å²) in [6.07, 6.45) is 1.72. The van der Waals surface area contributed by atoms with Crippen LogP contribution in [0.3, 0.4) is 0 Å². The number of carbonyl (C=O) groups is 1. The highest BCUT2D eigenvalue weighted by molar-refractivity contribution is 5.68. The molecule has 1 aromatic heterocycles. The van der Waals surface area contributed by atoms with E-state index in [4.69, 9.17) is 4.74 Å². The molecule has 116 valence electrons. The number of anilines is 1. The van der Waals surface area contributed by atoms with Gasteiger partial charge in [-0.25, -0.2) is 4.79 Å². The first-order valence-corrected chi connectivity index (χ1v) is 7.38.